The first kappa shape index (κ1) is 23.7. The number of hydrogen-bond donors (Lipinski definition) is 1. The summed E-state index contributed by atoms with van der Waals surface area (Å²) in [5, 5.41) is 2.05. The Morgan fingerprint density at radius 3 is 2.00 bits per heavy atom. The molecule has 3 aromatic rings. The van der Waals surface area contributed by atoms with Gasteiger partial charge in [-0.05, 0) is 42.5 Å². The lowest BCUT2D eigenvalue weighted by atomic mass is 10.1. The summed E-state index contributed by atoms with van der Waals surface area (Å²) in [6, 6.07) is 15.8. The Labute approximate surface area is 176 Å². The third kappa shape index (κ3) is 7.33. The van der Waals surface area contributed by atoms with Gasteiger partial charge in [0.25, 0.3) is 0 Å². The van der Waals surface area contributed by atoms with Gasteiger partial charge >= 0.3 is 0 Å². The minimum Gasteiger partial charge on any atom is -0.497 e. The molecule has 0 radical (unpaired) electrons. The number of rotatable bonds is 5. The number of methoxy groups -OCH3 is 2. The van der Waals surface area contributed by atoms with Crippen molar-refractivity contribution in [1.82, 2.24) is 0 Å². The van der Waals surface area contributed by atoms with Gasteiger partial charge in [-0.2, -0.15) is 0 Å². The first-order chi connectivity index (χ1) is 14.1. The molecule has 1 N–H and O–H groups in total. The van der Waals surface area contributed by atoms with Crippen molar-refractivity contribution in [3.05, 3.63) is 53.9 Å². The van der Waals surface area contributed by atoms with Gasteiger partial charge in [0.1, 0.15) is 29.4 Å². The summed E-state index contributed by atoms with van der Waals surface area (Å²) < 4.78 is 50.7. The molecule has 2 aromatic carbocycles. The number of benzene rings is 2. The van der Waals surface area contributed by atoms with E-state index in [1.165, 1.54) is 0 Å². The molecular formula is C21H24ClNO7. The number of halogens is 1. The smallest absolute Gasteiger partial charge is 0.213 e. The minimum atomic E-state index is -4.94. The van der Waals surface area contributed by atoms with Crippen LogP contribution in [0.4, 0.5) is 0 Å². The van der Waals surface area contributed by atoms with Crippen molar-refractivity contribution >= 4 is 11.0 Å². The molecular weight excluding hydrogens is 414 g/mol. The van der Waals surface area contributed by atoms with Crippen LogP contribution in [0.1, 0.15) is 13.8 Å². The van der Waals surface area contributed by atoms with E-state index in [1.807, 2.05) is 48.5 Å². The molecule has 3 rings (SSSR count). The van der Waals surface area contributed by atoms with Crippen molar-refractivity contribution in [3.8, 4) is 22.8 Å². The molecule has 0 fully saturated rings. The summed E-state index contributed by atoms with van der Waals surface area (Å²) in [6.45, 7) is 5.26. The number of fused-ring (bicyclic) bond motifs is 1. The van der Waals surface area contributed by atoms with Crippen LogP contribution in [-0.4, -0.2) is 20.8 Å². The lowest BCUT2D eigenvalue weighted by Crippen LogP contribution is -2.77. The monoisotopic (exact) mass is 437 g/mol. The van der Waals surface area contributed by atoms with Crippen molar-refractivity contribution in [2.24, 2.45) is 5.92 Å². The van der Waals surface area contributed by atoms with Crippen LogP contribution in [-0.2, 0) is 0 Å². The zero-order chi connectivity index (χ0) is 22.3. The third-order valence-electron chi connectivity index (χ3n) is 4.05. The molecule has 0 spiro atoms. The highest BCUT2D eigenvalue weighted by molar-refractivity contribution is 5.79. The fourth-order valence-electron chi connectivity index (χ4n) is 2.65. The Bertz CT molecular complexity index is 1020. The molecule has 0 aliphatic carbocycles. The average Bonchev–Trinajstić information content (AvgIpc) is 2.70. The maximum Gasteiger partial charge on any atom is 0.213 e. The second-order valence-electron chi connectivity index (χ2n) is 6.77. The summed E-state index contributed by atoms with van der Waals surface area (Å²) in [5.74, 6) is 2.99. The van der Waals surface area contributed by atoms with Gasteiger partial charge in [-0.1, -0.05) is 13.8 Å². The fraction of sp³-hybridized carbons (Fsp3) is 0.286. The highest BCUT2D eigenvalue weighted by Gasteiger charge is 2.11. The predicted octanol–water partition coefficient (Wildman–Crippen LogP) is -2.00. The van der Waals surface area contributed by atoms with E-state index in [0.29, 0.717) is 5.92 Å². The van der Waals surface area contributed by atoms with E-state index in [4.69, 9.17) is 32.5 Å². The normalized spacial score (nSPS) is 12.0. The second-order valence-corrected chi connectivity index (χ2v) is 7.52. The molecule has 0 aliphatic rings. The molecule has 0 aliphatic heterocycles. The molecule has 1 heterocycles. The molecule has 0 unspecified atom stereocenters. The topological polar surface area (TPSA) is 138 Å². The number of hydrogen-bond acceptors (Lipinski definition) is 7. The third-order valence-corrected chi connectivity index (χ3v) is 4.05. The van der Waals surface area contributed by atoms with Crippen LogP contribution in [0.3, 0.4) is 0 Å². The van der Waals surface area contributed by atoms with Crippen LogP contribution in [0.2, 0.25) is 0 Å². The lowest BCUT2D eigenvalue weighted by molar-refractivity contribution is -2.00. The van der Waals surface area contributed by atoms with E-state index >= 15 is 0 Å². The predicted molar refractivity (Wildman–Crippen MR) is 98.6 cm³/mol. The van der Waals surface area contributed by atoms with Crippen LogP contribution >= 0.6 is 0 Å². The van der Waals surface area contributed by atoms with E-state index in [-0.39, 0.29) is 0 Å². The lowest BCUT2D eigenvalue weighted by Gasteiger charge is -2.17. The molecule has 0 saturated carbocycles. The summed E-state index contributed by atoms with van der Waals surface area (Å²) in [4.78, 5) is 3.53. The Balaban J connectivity index is 0.000000575. The maximum atomic E-state index is 8.49. The van der Waals surface area contributed by atoms with Gasteiger partial charge in [0.05, 0.1) is 25.7 Å². The first-order valence-corrected chi connectivity index (χ1v) is 10.3. The van der Waals surface area contributed by atoms with Crippen LogP contribution in [0.25, 0.3) is 22.3 Å². The van der Waals surface area contributed by atoms with E-state index in [2.05, 4.69) is 18.8 Å². The van der Waals surface area contributed by atoms with Crippen LogP contribution in [0.15, 0.2) is 52.9 Å². The first-order valence-electron chi connectivity index (χ1n) is 9.05. The summed E-state index contributed by atoms with van der Waals surface area (Å²) >= 11 is 0. The number of ether oxygens (including phenoxy) is 2. The molecule has 9 heteroatoms. The van der Waals surface area contributed by atoms with Gasteiger partial charge in [0.15, 0.2) is 0 Å². The maximum absolute atomic E-state index is 8.49. The van der Waals surface area contributed by atoms with Gasteiger partial charge < -0.3 is 13.9 Å². The summed E-state index contributed by atoms with van der Waals surface area (Å²) in [5.41, 5.74) is 1.83. The van der Waals surface area contributed by atoms with Crippen LogP contribution in [0.5, 0.6) is 11.5 Å². The Kier molecular flexibility index (Phi) is 8.22. The van der Waals surface area contributed by atoms with Crippen molar-refractivity contribution < 1.29 is 47.8 Å². The SMILES string of the molecule is COc1ccc(-c2cc(=[NH+]CC(C)C)c3cc(OC)ccc3o2)cc1.[O-][Cl+3]([O-])([O-])[O-]. The summed E-state index contributed by atoms with van der Waals surface area (Å²) in [7, 11) is -1.61. The Morgan fingerprint density at radius 1 is 0.900 bits per heavy atom. The van der Waals surface area contributed by atoms with Crippen molar-refractivity contribution in [1.29, 1.82) is 0 Å². The van der Waals surface area contributed by atoms with Gasteiger partial charge in [-0.3, -0.25) is 0 Å². The largest absolute Gasteiger partial charge is 0.497 e. The molecule has 1 aromatic heterocycles. The molecule has 0 atom stereocenters. The molecule has 162 valence electrons. The second kappa shape index (κ2) is 10.4. The molecule has 0 bridgehead atoms. The summed E-state index contributed by atoms with van der Waals surface area (Å²) in [6.07, 6.45) is 0. The molecule has 8 nitrogen and oxygen atoms in total. The highest BCUT2D eigenvalue weighted by Crippen LogP contribution is 2.25. The molecule has 0 amide bonds. The van der Waals surface area contributed by atoms with E-state index in [0.717, 1.165) is 45.7 Å². The fourth-order valence-corrected chi connectivity index (χ4v) is 2.65. The van der Waals surface area contributed by atoms with Gasteiger partial charge in [0.2, 0.25) is 5.36 Å². The van der Waals surface area contributed by atoms with E-state index < -0.39 is 10.2 Å². The van der Waals surface area contributed by atoms with Gasteiger partial charge in [-0.15, -0.1) is 10.2 Å². The van der Waals surface area contributed by atoms with Crippen LogP contribution in [0, 0.1) is 16.2 Å². The van der Waals surface area contributed by atoms with Gasteiger partial charge in [0, 0.05) is 11.5 Å². The Morgan fingerprint density at radius 2 is 1.47 bits per heavy atom. The van der Waals surface area contributed by atoms with Crippen molar-refractivity contribution in [2.45, 2.75) is 13.8 Å². The van der Waals surface area contributed by atoms with Crippen LogP contribution < -0.4 is 38.5 Å². The van der Waals surface area contributed by atoms with Crippen molar-refractivity contribution in [3.63, 3.8) is 0 Å². The molecule has 0 saturated heterocycles. The quantitative estimate of drug-likeness (QED) is 0.487. The van der Waals surface area contributed by atoms with E-state index in [1.54, 1.807) is 14.2 Å². The zero-order valence-corrected chi connectivity index (χ0v) is 17.9. The van der Waals surface area contributed by atoms with Crippen molar-refractivity contribution in [2.75, 3.05) is 20.8 Å². The van der Waals surface area contributed by atoms with Gasteiger partial charge in [-0.25, -0.2) is 23.6 Å². The Hall–Kier alpha value is -2.62. The van der Waals surface area contributed by atoms with E-state index in [9.17, 15) is 0 Å². The number of nitrogens with one attached hydrogen (secondary N) is 1. The highest BCUT2D eigenvalue weighted by atomic mass is 35.7. The average molecular weight is 438 g/mol. The molecule has 30 heavy (non-hydrogen) atoms. The zero-order valence-electron chi connectivity index (χ0n) is 17.1. The minimum absolute atomic E-state index is 0.544. The standard InChI is InChI=1S/C21H23NO3.ClHO4/c1-14(2)13-22-19-12-21(15-5-7-16(23-3)8-6-15)25-20-10-9-17(24-4)11-18(19)20;2-1(3,4)5/h5-12,14H,13H2,1-4H3;(H,2,3,4,5).